The average molecular weight is 335 g/mol. The molecule has 0 spiro atoms. The highest BCUT2D eigenvalue weighted by molar-refractivity contribution is 6.75. The molecule has 0 heterocycles. The molecule has 0 aromatic rings. The summed E-state index contributed by atoms with van der Waals surface area (Å²) in [6.07, 6.45) is 0.354. The van der Waals surface area contributed by atoms with Crippen LogP contribution in [0.4, 0.5) is 0 Å². The molecule has 2 unspecified atom stereocenters. The van der Waals surface area contributed by atoms with E-state index in [0.29, 0.717) is 6.54 Å². The monoisotopic (exact) mass is 334 g/mol. The summed E-state index contributed by atoms with van der Waals surface area (Å²) in [5.74, 6) is 0. The van der Waals surface area contributed by atoms with E-state index in [-0.39, 0.29) is 11.6 Å². The molecule has 0 radical (unpaired) electrons. The first-order valence-electron chi connectivity index (χ1n) is 8.35. The summed E-state index contributed by atoms with van der Waals surface area (Å²) in [6.45, 7) is 17.0. The topological polar surface area (TPSA) is 79.0 Å². The van der Waals surface area contributed by atoms with Crippen LogP contribution in [0.1, 0.15) is 48.0 Å². The second-order valence-corrected chi connectivity index (χ2v) is 12.7. The van der Waals surface area contributed by atoms with Crippen molar-refractivity contribution in [2.45, 2.75) is 77.4 Å². The highest BCUT2D eigenvalue weighted by Gasteiger charge is 2.44. The van der Waals surface area contributed by atoms with Gasteiger partial charge in [0.05, 0.1) is 18.4 Å². The minimum atomic E-state index is -1.98. The Bertz CT molecular complexity index is 315. The molecule has 0 aromatic carbocycles. The van der Waals surface area contributed by atoms with Gasteiger partial charge in [0.1, 0.15) is 0 Å². The maximum atomic E-state index is 9.58. The van der Waals surface area contributed by atoms with Crippen LogP contribution in [-0.2, 0) is 4.43 Å². The Hall–Kier alpha value is 0.0169. The van der Waals surface area contributed by atoms with E-state index in [0.717, 1.165) is 25.6 Å². The van der Waals surface area contributed by atoms with Crippen molar-refractivity contribution in [1.29, 1.82) is 0 Å². The zero-order valence-electron chi connectivity index (χ0n) is 15.6. The molecule has 0 amide bonds. The second kappa shape index (κ2) is 8.75. The number of hydrogen-bond donors (Lipinski definition) is 3. The Morgan fingerprint density at radius 2 is 1.77 bits per heavy atom. The van der Waals surface area contributed by atoms with Crippen molar-refractivity contribution in [2.75, 3.05) is 26.2 Å². The number of nitrogens with zero attached hydrogens (tertiary/aromatic N) is 1. The summed E-state index contributed by atoms with van der Waals surface area (Å²) in [4.78, 5) is 2.17. The van der Waals surface area contributed by atoms with E-state index in [9.17, 15) is 5.11 Å². The van der Waals surface area contributed by atoms with Crippen LogP contribution in [0.15, 0.2) is 0 Å². The van der Waals surface area contributed by atoms with Crippen LogP contribution in [0.3, 0.4) is 0 Å². The number of likely N-dealkylation sites (N-methyl/N-ethyl adjacent to an activating group) is 1. The Labute approximate surface area is 138 Å². The fourth-order valence-corrected chi connectivity index (χ4v) is 5.69. The van der Waals surface area contributed by atoms with E-state index in [4.69, 9.17) is 15.3 Å². The highest BCUT2D eigenvalue weighted by Crippen LogP contribution is 2.41. The quantitative estimate of drug-likeness (QED) is 0.421. The largest absolute Gasteiger partial charge is 0.400 e. The maximum absolute atomic E-state index is 9.58. The van der Waals surface area contributed by atoms with Crippen LogP contribution in [-0.4, -0.2) is 61.5 Å². The molecule has 0 aliphatic carbocycles. The summed E-state index contributed by atoms with van der Waals surface area (Å²) < 4.78 is 6.32. The number of aliphatic hydroxyl groups excluding tert-OH is 2. The van der Waals surface area contributed by atoms with Gasteiger partial charge < -0.3 is 25.3 Å². The molecule has 0 aliphatic rings. The first kappa shape index (κ1) is 22.0. The van der Waals surface area contributed by atoms with Gasteiger partial charge in [-0.1, -0.05) is 27.7 Å². The van der Waals surface area contributed by atoms with Crippen molar-refractivity contribution in [3.8, 4) is 0 Å². The molecule has 2 atom stereocenters. The molecule has 0 saturated carbocycles. The van der Waals surface area contributed by atoms with E-state index >= 15 is 0 Å². The first-order valence-corrected chi connectivity index (χ1v) is 11.0. The highest BCUT2D eigenvalue weighted by atomic mass is 28.4. The predicted octanol–water partition coefficient (Wildman–Crippen LogP) is 2.14. The smallest absolute Gasteiger partial charge is 0.197 e. The normalized spacial score (nSPS) is 17.6. The lowest BCUT2D eigenvalue weighted by molar-refractivity contribution is 0.0602. The van der Waals surface area contributed by atoms with Crippen molar-refractivity contribution in [1.82, 2.24) is 4.90 Å². The van der Waals surface area contributed by atoms with Crippen LogP contribution in [0.25, 0.3) is 0 Å². The summed E-state index contributed by atoms with van der Waals surface area (Å²) >= 11 is 0. The molecule has 0 rings (SSSR count). The Morgan fingerprint density at radius 3 is 2.14 bits per heavy atom. The van der Waals surface area contributed by atoms with Gasteiger partial charge in [-0.15, -0.1) is 0 Å². The molecule has 6 heteroatoms. The molecule has 5 nitrogen and oxygen atoms in total. The van der Waals surface area contributed by atoms with Crippen LogP contribution < -0.4 is 5.73 Å². The van der Waals surface area contributed by atoms with Gasteiger partial charge in [-0.25, -0.2) is 0 Å². The summed E-state index contributed by atoms with van der Waals surface area (Å²) in [5, 5.41) is 18.7. The van der Waals surface area contributed by atoms with Gasteiger partial charge in [0.2, 0.25) is 0 Å². The third-order valence-corrected chi connectivity index (χ3v) is 9.79. The van der Waals surface area contributed by atoms with Gasteiger partial charge in [-0.2, -0.15) is 0 Å². The van der Waals surface area contributed by atoms with Gasteiger partial charge >= 0.3 is 0 Å². The number of aliphatic hydroxyl groups is 2. The van der Waals surface area contributed by atoms with Crippen molar-refractivity contribution in [2.24, 2.45) is 5.73 Å². The number of nitrogens with two attached hydrogens (primary N) is 1. The standard InChI is InChI=1S/C16H38N2O3Si/c1-8-18(12-14(20)13-19)10-9-11-22(7,15(2,3)4)21-16(5,6)17/h14,19-20H,8-13,17H2,1-7H3. The van der Waals surface area contributed by atoms with Crippen molar-refractivity contribution >= 4 is 8.32 Å². The van der Waals surface area contributed by atoms with Crippen LogP contribution in [0.2, 0.25) is 17.6 Å². The average Bonchev–Trinajstić information content (AvgIpc) is 2.33. The van der Waals surface area contributed by atoms with Gasteiger partial charge in [0.25, 0.3) is 0 Å². The molecule has 0 aromatic heterocycles. The molecule has 4 N–H and O–H groups in total. The fourth-order valence-electron chi connectivity index (χ4n) is 2.53. The van der Waals surface area contributed by atoms with Crippen molar-refractivity contribution < 1.29 is 14.6 Å². The Kier molecular flexibility index (Phi) is 8.76. The van der Waals surface area contributed by atoms with Crippen molar-refractivity contribution in [3.63, 3.8) is 0 Å². The van der Waals surface area contributed by atoms with E-state index in [2.05, 4.69) is 39.1 Å². The third-order valence-electron chi connectivity index (χ3n) is 4.33. The number of rotatable bonds is 10. The van der Waals surface area contributed by atoms with E-state index in [1.807, 2.05) is 13.8 Å². The van der Waals surface area contributed by atoms with E-state index in [1.54, 1.807) is 0 Å². The van der Waals surface area contributed by atoms with Crippen LogP contribution >= 0.6 is 0 Å². The predicted molar refractivity (Wildman–Crippen MR) is 95.3 cm³/mol. The van der Waals surface area contributed by atoms with Crippen LogP contribution in [0, 0.1) is 0 Å². The lowest BCUT2D eigenvalue weighted by atomic mass is 10.2. The molecule has 22 heavy (non-hydrogen) atoms. The molecule has 0 saturated heterocycles. The third kappa shape index (κ3) is 8.03. The molecule has 0 bridgehead atoms. The van der Waals surface area contributed by atoms with Crippen molar-refractivity contribution in [3.05, 3.63) is 0 Å². The van der Waals surface area contributed by atoms with Crippen LogP contribution in [0.5, 0.6) is 0 Å². The van der Waals surface area contributed by atoms with Gasteiger partial charge in [-0.05, 0) is 51.0 Å². The van der Waals surface area contributed by atoms with Gasteiger partial charge in [0.15, 0.2) is 8.32 Å². The fraction of sp³-hybridized carbons (Fsp3) is 1.00. The molecule has 134 valence electrons. The summed E-state index contributed by atoms with van der Waals surface area (Å²) in [6, 6.07) is 1.03. The zero-order valence-corrected chi connectivity index (χ0v) is 16.6. The molecule has 0 aliphatic heterocycles. The SMILES string of the molecule is CCN(CCC[Si](C)(OC(C)(C)N)C(C)(C)C)CC(O)CO. The first-order chi connectivity index (χ1) is 9.84. The van der Waals surface area contributed by atoms with E-state index in [1.165, 1.54) is 0 Å². The molecule has 0 fully saturated rings. The Morgan fingerprint density at radius 1 is 1.23 bits per heavy atom. The zero-order chi connectivity index (χ0) is 17.6. The maximum Gasteiger partial charge on any atom is 0.197 e. The summed E-state index contributed by atoms with van der Waals surface area (Å²) in [5.41, 5.74) is 5.50. The van der Waals surface area contributed by atoms with Gasteiger partial charge in [0, 0.05) is 6.54 Å². The molecular formula is C16H38N2O3Si. The second-order valence-electron chi connectivity index (χ2n) is 8.02. The summed E-state index contributed by atoms with van der Waals surface area (Å²) in [7, 11) is -1.98. The minimum absolute atomic E-state index is 0.116. The lowest BCUT2D eigenvalue weighted by Crippen LogP contribution is -2.53. The van der Waals surface area contributed by atoms with Gasteiger partial charge in [-0.3, -0.25) is 0 Å². The number of hydrogen-bond acceptors (Lipinski definition) is 5. The van der Waals surface area contributed by atoms with E-state index < -0.39 is 20.1 Å². The minimum Gasteiger partial charge on any atom is -0.400 e. The Balaban J connectivity index is 4.64. The lowest BCUT2D eigenvalue weighted by Gasteiger charge is -2.44. The molecular weight excluding hydrogens is 296 g/mol.